The summed E-state index contributed by atoms with van der Waals surface area (Å²) >= 11 is 0. The smallest absolute Gasteiger partial charge is 0.151 e. The quantitative estimate of drug-likeness (QED) is 0.531. The van der Waals surface area contributed by atoms with Crippen LogP contribution in [0.2, 0.25) is 0 Å². The molecule has 0 aromatic heterocycles. The number of Topliss-reactive ketones (excluding diaryl/α,β-unsaturated/α-hetero) is 1. The van der Waals surface area contributed by atoms with Crippen molar-refractivity contribution in [2.75, 3.05) is 0 Å². The predicted molar refractivity (Wildman–Crippen MR) is 97.7 cm³/mol. The first-order valence-electron chi connectivity index (χ1n) is 10.8. The van der Waals surface area contributed by atoms with Crippen molar-refractivity contribution in [3.05, 3.63) is 0 Å². The van der Waals surface area contributed by atoms with Crippen molar-refractivity contribution < 1.29 is 9.18 Å². The van der Waals surface area contributed by atoms with Crippen molar-refractivity contribution >= 4 is 5.78 Å². The third-order valence-corrected chi connectivity index (χ3v) is 7.80. The Balaban J connectivity index is 1.55. The summed E-state index contributed by atoms with van der Waals surface area (Å²) in [6.45, 7) is 4.47. The van der Waals surface area contributed by atoms with Crippen LogP contribution < -0.4 is 0 Å². The lowest BCUT2D eigenvalue weighted by Gasteiger charge is -2.61. The maximum atomic E-state index is 15.4. The van der Waals surface area contributed by atoms with Gasteiger partial charge in [-0.05, 0) is 63.2 Å². The van der Waals surface area contributed by atoms with E-state index < -0.39 is 17.0 Å². The van der Waals surface area contributed by atoms with Gasteiger partial charge in [0.25, 0.3) is 0 Å². The van der Waals surface area contributed by atoms with Gasteiger partial charge >= 0.3 is 0 Å². The van der Waals surface area contributed by atoms with Crippen molar-refractivity contribution in [3.8, 4) is 0 Å². The summed E-state index contributed by atoms with van der Waals surface area (Å²) in [5.74, 6) is 1.83. The number of alkyl halides is 1. The molecule has 0 unspecified atom stereocenters. The minimum Gasteiger partial charge on any atom is -0.298 e. The molecule has 3 fully saturated rings. The van der Waals surface area contributed by atoms with Crippen LogP contribution in [0.1, 0.15) is 104 Å². The molecule has 138 valence electrons. The molecule has 3 rings (SSSR count). The standard InChI is InChI=1S/C22H37FO/c1-3-5-7-17-9-13-21(14-10-17)19(23)22(20(21)24)15-11-18(12-16-22)8-6-4-2/h17-19H,3-16H2,1-2H3. The Bertz CT molecular complexity index is 389. The normalized spacial score (nSPS) is 42.5. The highest BCUT2D eigenvalue weighted by molar-refractivity contribution is 5.98. The minimum atomic E-state index is -0.836. The van der Waals surface area contributed by atoms with Crippen molar-refractivity contribution in [1.82, 2.24) is 0 Å². The van der Waals surface area contributed by atoms with Gasteiger partial charge in [-0.3, -0.25) is 4.79 Å². The van der Waals surface area contributed by atoms with Crippen molar-refractivity contribution in [3.63, 3.8) is 0 Å². The number of ketones is 1. The van der Waals surface area contributed by atoms with Gasteiger partial charge in [0.15, 0.2) is 5.78 Å². The van der Waals surface area contributed by atoms with Crippen LogP contribution in [0, 0.1) is 22.7 Å². The van der Waals surface area contributed by atoms with E-state index in [1.54, 1.807) is 0 Å². The maximum absolute atomic E-state index is 15.4. The van der Waals surface area contributed by atoms with E-state index in [0.29, 0.717) is 5.78 Å². The molecular formula is C22H37FO. The Morgan fingerprint density at radius 1 is 0.833 bits per heavy atom. The van der Waals surface area contributed by atoms with E-state index in [9.17, 15) is 4.79 Å². The zero-order chi connectivity index (χ0) is 17.2. The molecule has 24 heavy (non-hydrogen) atoms. The van der Waals surface area contributed by atoms with E-state index in [1.807, 2.05) is 0 Å². The van der Waals surface area contributed by atoms with Gasteiger partial charge < -0.3 is 0 Å². The molecule has 2 heteroatoms. The molecule has 0 aromatic carbocycles. The number of halogens is 1. The van der Waals surface area contributed by atoms with Crippen LogP contribution in [0.5, 0.6) is 0 Å². The molecule has 2 spiro atoms. The number of hydrogen-bond acceptors (Lipinski definition) is 1. The number of carbonyl (C=O) groups is 1. The first-order valence-corrected chi connectivity index (χ1v) is 10.8. The fourth-order valence-electron chi connectivity index (χ4n) is 6.09. The number of hydrogen-bond donors (Lipinski definition) is 0. The van der Waals surface area contributed by atoms with E-state index in [0.717, 1.165) is 63.2 Å². The zero-order valence-electron chi connectivity index (χ0n) is 15.9. The van der Waals surface area contributed by atoms with Crippen molar-refractivity contribution in [2.45, 2.75) is 110 Å². The molecule has 0 aliphatic heterocycles. The monoisotopic (exact) mass is 336 g/mol. The van der Waals surface area contributed by atoms with Gasteiger partial charge in [0, 0.05) is 0 Å². The molecule has 3 aliphatic carbocycles. The molecule has 0 amide bonds. The molecular weight excluding hydrogens is 299 g/mol. The fraction of sp³-hybridized carbons (Fsp3) is 0.955. The molecule has 3 aliphatic rings. The van der Waals surface area contributed by atoms with Gasteiger partial charge in [0.1, 0.15) is 6.17 Å². The van der Waals surface area contributed by atoms with Crippen LogP contribution in [0.25, 0.3) is 0 Å². The summed E-state index contributed by atoms with van der Waals surface area (Å²) in [7, 11) is 0. The highest BCUT2D eigenvalue weighted by atomic mass is 19.1. The molecule has 0 aromatic rings. The van der Waals surface area contributed by atoms with E-state index in [-0.39, 0.29) is 0 Å². The summed E-state index contributed by atoms with van der Waals surface area (Å²) in [5.41, 5.74) is -1.11. The zero-order valence-corrected chi connectivity index (χ0v) is 15.9. The lowest BCUT2D eigenvalue weighted by atomic mass is 9.41. The van der Waals surface area contributed by atoms with Gasteiger partial charge in [-0.15, -0.1) is 0 Å². The van der Waals surface area contributed by atoms with Crippen LogP contribution in [0.4, 0.5) is 4.39 Å². The number of carbonyl (C=O) groups excluding carboxylic acids is 1. The van der Waals surface area contributed by atoms with Crippen molar-refractivity contribution in [1.29, 1.82) is 0 Å². The maximum Gasteiger partial charge on any atom is 0.151 e. The molecule has 0 bridgehead atoms. The second-order valence-electron chi connectivity index (χ2n) is 9.18. The van der Waals surface area contributed by atoms with Gasteiger partial charge in [0.2, 0.25) is 0 Å². The Morgan fingerprint density at radius 3 is 1.50 bits per heavy atom. The second kappa shape index (κ2) is 7.46. The topological polar surface area (TPSA) is 17.1 Å². The summed E-state index contributed by atoms with van der Waals surface area (Å²) in [6.07, 6.45) is 14.5. The third kappa shape index (κ3) is 2.97. The molecule has 0 saturated heterocycles. The first kappa shape index (κ1) is 18.4. The molecule has 3 saturated carbocycles. The first-order chi connectivity index (χ1) is 11.6. The Kier molecular flexibility index (Phi) is 5.72. The summed E-state index contributed by atoms with van der Waals surface area (Å²) in [4.78, 5) is 13.1. The Labute approximate surface area is 148 Å². The van der Waals surface area contributed by atoms with Crippen LogP contribution in [0.3, 0.4) is 0 Å². The lowest BCUT2D eigenvalue weighted by Crippen LogP contribution is -2.69. The minimum absolute atomic E-state index is 0.338. The highest BCUT2D eigenvalue weighted by Crippen LogP contribution is 2.65. The number of rotatable bonds is 6. The van der Waals surface area contributed by atoms with Crippen LogP contribution in [-0.2, 0) is 4.79 Å². The average molecular weight is 337 g/mol. The largest absolute Gasteiger partial charge is 0.298 e. The molecule has 0 heterocycles. The predicted octanol–water partition coefficient (Wildman–Crippen LogP) is 6.64. The lowest BCUT2D eigenvalue weighted by molar-refractivity contribution is -0.193. The second-order valence-corrected chi connectivity index (χ2v) is 9.18. The molecule has 1 nitrogen and oxygen atoms in total. The summed E-state index contributed by atoms with van der Waals surface area (Å²) in [5, 5.41) is 0. The average Bonchev–Trinajstić information content (AvgIpc) is 2.64. The van der Waals surface area contributed by atoms with E-state index in [2.05, 4.69) is 13.8 Å². The summed E-state index contributed by atoms with van der Waals surface area (Å²) in [6, 6.07) is 0. The molecule has 0 atom stereocenters. The van der Waals surface area contributed by atoms with Gasteiger partial charge in [-0.1, -0.05) is 52.4 Å². The fourth-order valence-corrected chi connectivity index (χ4v) is 6.09. The highest BCUT2D eigenvalue weighted by Gasteiger charge is 2.71. The van der Waals surface area contributed by atoms with E-state index in [1.165, 1.54) is 38.5 Å². The van der Waals surface area contributed by atoms with Crippen LogP contribution in [0.15, 0.2) is 0 Å². The van der Waals surface area contributed by atoms with Gasteiger partial charge in [0.05, 0.1) is 10.8 Å². The Hall–Kier alpha value is -0.400. The SMILES string of the molecule is CCCCC1CCC2(CC1)C(=O)C1(CCC(CCCC)CC1)C2F. The summed E-state index contributed by atoms with van der Waals surface area (Å²) < 4.78 is 15.4. The van der Waals surface area contributed by atoms with Gasteiger partial charge in [-0.2, -0.15) is 0 Å². The molecule has 0 N–H and O–H groups in total. The van der Waals surface area contributed by atoms with Crippen LogP contribution >= 0.6 is 0 Å². The molecule has 0 radical (unpaired) electrons. The van der Waals surface area contributed by atoms with Crippen LogP contribution in [-0.4, -0.2) is 12.0 Å². The van der Waals surface area contributed by atoms with Gasteiger partial charge in [-0.25, -0.2) is 4.39 Å². The number of unbranched alkanes of at least 4 members (excludes halogenated alkanes) is 2. The third-order valence-electron chi connectivity index (χ3n) is 7.80. The Morgan fingerprint density at radius 2 is 1.21 bits per heavy atom. The van der Waals surface area contributed by atoms with E-state index in [4.69, 9.17) is 0 Å². The van der Waals surface area contributed by atoms with Crippen molar-refractivity contribution in [2.24, 2.45) is 22.7 Å². The van der Waals surface area contributed by atoms with E-state index >= 15 is 4.39 Å².